The lowest BCUT2D eigenvalue weighted by Crippen LogP contribution is -2.40. The second kappa shape index (κ2) is 24.9. The van der Waals surface area contributed by atoms with Crippen molar-refractivity contribution < 1.29 is 24.2 Å². The number of H-pyrrole nitrogens is 2. The summed E-state index contributed by atoms with van der Waals surface area (Å²) < 4.78 is 12.2. The number of allylic oxidation sites excluding steroid dienone is 2. The van der Waals surface area contributed by atoms with Crippen molar-refractivity contribution in [2.75, 3.05) is 21.3 Å². The van der Waals surface area contributed by atoms with E-state index in [2.05, 4.69) is 86.8 Å². The lowest BCUT2D eigenvalue weighted by Gasteiger charge is -2.40. The first-order chi connectivity index (χ1) is 33.0. The Balaban J connectivity index is 0.000000188. The number of hydrogen-bond donors (Lipinski definition) is 4. The average molecular weight is 1040 g/mol. The summed E-state index contributed by atoms with van der Waals surface area (Å²) in [5.41, 5.74) is 15.1. The fourth-order valence-corrected chi connectivity index (χ4v) is 8.47. The van der Waals surface area contributed by atoms with Gasteiger partial charge >= 0.3 is 0 Å². The van der Waals surface area contributed by atoms with Crippen molar-refractivity contribution in [3.8, 4) is 11.5 Å². The van der Waals surface area contributed by atoms with Gasteiger partial charge in [-0.2, -0.15) is 0 Å². The largest absolute Gasteiger partial charge is 0.497 e. The second-order valence-electron chi connectivity index (χ2n) is 15.5. The number of halogens is 2. The zero-order chi connectivity index (χ0) is 48.6. The number of aryl methyl sites for hydroxylation is 2. The van der Waals surface area contributed by atoms with Crippen molar-refractivity contribution in [3.63, 3.8) is 0 Å². The molecular weight excluding hydrogens is 988 g/mol. The number of hydrogen-bond acceptors (Lipinski definition) is 11. The number of carbonyl (C=O) groups excluding carboxylic acids is 2. The number of ether oxygens (including phenoxy) is 2. The van der Waals surface area contributed by atoms with Crippen LogP contribution in [0.4, 0.5) is 0 Å². The Bertz CT molecular complexity index is 2960. The molecule has 4 aromatic heterocycles. The normalized spacial score (nSPS) is 14.8. The maximum absolute atomic E-state index is 13.0. The number of piperidine rings is 1. The second-order valence-corrected chi connectivity index (χ2v) is 17.3. The van der Waals surface area contributed by atoms with Crippen molar-refractivity contribution in [1.82, 2.24) is 34.8 Å². The lowest BCUT2D eigenvalue weighted by atomic mass is 9.89. The zero-order valence-electron chi connectivity index (χ0n) is 38.5. The van der Waals surface area contributed by atoms with Crippen molar-refractivity contribution in [2.45, 2.75) is 51.9 Å². The Labute approximate surface area is 412 Å². The van der Waals surface area contributed by atoms with Crippen LogP contribution in [0.25, 0.3) is 34.2 Å². The predicted molar refractivity (Wildman–Crippen MR) is 276 cm³/mol. The molecule has 1 aliphatic heterocycles. The molecule has 5 N–H and O–H groups in total. The highest BCUT2D eigenvalue weighted by molar-refractivity contribution is 9.11. The number of carbonyl (C=O) groups is 2. The van der Waals surface area contributed by atoms with Gasteiger partial charge in [-0.05, 0) is 153 Å². The summed E-state index contributed by atoms with van der Waals surface area (Å²) in [5.74, 6) is 3.25. The van der Waals surface area contributed by atoms with Crippen molar-refractivity contribution in [3.05, 3.63) is 188 Å². The number of aromatic nitrogens is 6. The Morgan fingerprint density at radius 2 is 1.28 bits per heavy atom. The van der Waals surface area contributed by atoms with E-state index >= 15 is 0 Å². The number of nitrogens with one attached hydrogen (secondary N) is 2. The molecule has 8 aromatic rings. The van der Waals surface area contributed by atoms with Gasteiger partial charge in [-0.3, -0.25) is 24.5 Å². The summed E-state index contributed by atoms with van der Waals surface area (Å²) in [7, 11) is 4.32. The molecule has 2 atom stereocenters. The monoisotopic (exact) mass is 1040 g/mol. The molecule has 13 nitrogen and oxygen atoms in total. The first kappa shape index (κ1) is 50.8. The fraction of sp³-hybridized carbons (Fsp3) is 0.208. The first-order valence-corrected chi connectivity index (χ1v) is 23.3. The lowest BCUT2D eigenvalue weighted by molar-refractivity contribution is -0.126. The fourth-order valence-electron chi connectivity index (χ4n) is 7.56. The minimum absolute atomic E-state index is 0.116. The van der Waals surface area contributed by atoms with Gasteiger partial charge in [-0.25, -0.2) is 9.97 Å². The van der Waals surface area contributed by atoms with Gasteiger partial charge in [-0.1, -0.05) is 48.5 Å². The van der Waals surface area contributed by atoms with E-state index in [-0.39, 0.29) is 23.7 Å². The molecule has 0 aliphatic carbocycles. The minimum Gasteiger partial charge on any atom is -0.497 e. The molecular formula is C53H54Br2N8O5. The number of aromatic amines is 2. The number of benzene rings is 4. The van der Waals surface area contributed by atoms with Gasteiger partial charge in [0, 0.05) is 54.4 Å². The highest BCUT2D eigenvalue weighted by atomic mass is 79.9. The van der Waals surface area contributed by atoms with Crippen LogP contribution < -0.4 is 15.2 Å². The number of rotatable bonds is 11. The minimum atomic E-state index is -0.181. The highest BCUT2D eigenvalue weighted by Gasteiger charge is 2.39. The Kier molecular flexibility index (Phi) is 18.6. The van der Waals surface area contributed by atoms with E-state index in [1.807, 2.05) is 97.9 Å². The molecule has 1 saturated heterocycles. The van der Waals surface area contributed by atoms with Crippen LogP contribution in [0.3, 0.4) is 0 Å². The molecule has 350 valence electrons. The van der Waals surface area contributed by atoms with E-state index < -0.39 is 0 Å². The van der Waals surface area contributed by atoms with Crippen LogP contribution in [0.15, 0.2) is 143 Å². The molecule has 1 aliphatic rings. The number of Topliss-reactive ketones (excluding diaryl/α,β-unsaturated/α-hetero) is 1. The number of aliphatic hydroxyl groups is 1. The third-order valence-electron chi connectivity index (χ3n) is 11.1. The summed E-state index contributed by atoms with van der Waals surface area (Å²) in [6.07, 6.45) is 10.7. The topological polar surface area (TPSA) is 185 Å². The molecule has 0 unspecified atom stereocenters. The van der Waals surface area contributed by atoms with Gasteiger partial charge in [0.05, 0.1) is 48.7 Å². The number of nitrogens with zero attached hydrogens (tertiary/aromatic N) is 5. The SMILES string of the molecule is CO.COc1ccc(CN)cc1.COc1ccc(CN2[C@@H](c3nc4c(Br)cccc4[nH]3)CC(=O)C[C@H]2c2ncccc2C)cc1.Cc1cccnc1/C=C/C(=O)/C=C/c1nc2c(Br)cccc2[nH]1. The zero-order valence-corrected chi connectivity index (χ0v) is 41.7. The molecule has 0 bridgehead atoms. The third kappa shape index (κ3) is 13.3. The number of fused-ring (bicyclic) bond motifs is 2. The molecule has 0 spiro atoms. The Morgan fingerprint density at radius 3 is 1.85 bits per heavy atom. The van der Waals surface area contributed by atoms with E-state index in [0.717, 1.165) is 89.1 Å². The summed E-state index contributed by atoms with van der Waals surface area (Å²) in [4.78, 5) is 52.2. The maximum Gasteiger partial charge on any atom is 0.178 e. The van der Waals surface area contributed by atoms with Gasteiger partial charge in [0.2, 0.25) is 0 Å². The van der Waals surface area contributed by atoms with E-state index in [1.54, 1.807) is 38.8 Å². The van der Waals surface area contributed by atoms with Crippen LogP contribution in [0.5, 0.6) is 11.5 Å². The number of imidazole rings is 2. The third-order valence-corrected chi connectivity index (χ3v) is 12.3. The number of ketones is 2. The van der Waals surface area contributed by atoms with Gasteiger partial charge in [-0.15, -0.1) is 0 Å². The van der Waals surface area contributed by atoms with Crippen LogP contribution in [-0.2, 0) is 22.7 Å². The number of para-hydroxylation sites is 2. The summed E-state index contributed by atoms with van der Waals surface area (Å²) in [6.45, 7) is 5.27. The molecule has 15 heteroatoms. The number of nitrogens with two attached hydrogens (primary N) is 1. The smallest absolute Gasteiger partial charge is 0.178 e. The van der Waals surface area contributed by atoms with Crippen LogP contribution in [0.2, 0.25) is 0 Å². The van der Waals surface area contributed by atoms with Crippen LogP contribution in [0, 0.1) is 13.8 Å². The van der Waals surface area contributed by atoms with Crippen LogP contribution in [0.1, 0.15) is 70.2 Å². The van der Waals surface area contributed by atoms with E-state index in [0.29, 0.717) is 31.8 Å². The van der Waals surface area contributed by atoms with E-state index in [9.17, 15) is 9.59 Å². The molecule has 0 saturated carbocycles. The molecule has 0 radical (unpaired) electrons. The number of aliphatic hydroxyl groups excluding tert-OH is 1. The standard InChI is InChI=1S/C26H25BrN4O2.C18H14BrN3O.C8H11NO.CH4O/c1-16-5-4-12-28-24(16)22-13-18(32)14-23(26-29-21-7-3-6-20(27)25(21)30-26)31(22)15-17-8-10-19(33-2)11-9-17;1-12-4-3-11-20-15(12)9-7-13(23)8-10-17-21-16-6-2-5-14(19)18(16)22-17;1-10-8-4-2-7(6-9)3-5-8;1-2/h3-12,22-23H,13-15H2,1-2H3,(H,29,30);2-11H,1H3,(H,21,22);2-5H,6,9H2,1H3;2H,1H3/b;9-7+,10-8+;;/t22-,23+;;;/m0.../s1. The Morgan fingerprint density at radius 1 is 0.721 bits per heavy atom. The van der Waals surface area contributed by atoms with Crippen molar-refractivity contribution >= 4 is 77.6 Å². The van der Waals surface area contributed by atoms with Gasteiger partial charge in [0.1, 0.15) is 40.0 Å². The molecule has 68 heavy (non-hydrogen) atoms. The number of methoxy groups -OCH3 is 2. The summed E-state index contributed by atoms with van der Waals surface area (Å²) >= 11 is 7.06. The number of pyridine rings is 2. The molecule has 0 amide bonds. The average Bonchev–Trinajstić information content (AvgIpc) is 4.01. The molecule has 5 heterocycles. The summed E-state index contributed by atoms with van der Waals surface area (Å²) in [5, 5.41) is 7.00. The first-order valence-electron chi connectivity index (χ1n) is 21.7. The van der Waals surface area contributed by atoms with Crippen LogP contribution >= 0.6 is 31.9 Å². The molecule has 1 fully saturated rings. The Hall–Kier alpha value is -6.62. The predicted octanol–water partition coefficient (Wildman–Crippen LogP) is 10.8. The van der Waals surface area contributed by atoms with Crippen LogP contribution in [-0.4, -0.2) is 72.8 Å². The quantitative estimate of drug-likeness (QED) is 0.0904. The van der Waals surface area contributed by atoms with Crippen molar-refractivity contribution in [2.24, 2.45) is 5.73 Å². The van der Waals surface area contributed by atoms with Gasteiger partial charge in [0.15, 0.2) is 5.78 Å². The summed E-state index contributed by atoms with van der Waals surface area (Å²) in [6, 6.07) is 35.1. The molecule has 4 aromatic carbocycles. The van der Waals surface area contributed by atoms with Crippen molar-refractivity contribution in [1.29, 1.82) is 0 Å². The maximum atomic E-state index is 13.0. The van der Waals surface area contributed by atoms with Gasteiger partial charge in [0.25, 0.3) is 0 Å². The number of likely N-dealkylation sites (tertiary alicyclic amines) is 1. The highest BCUT2D eigenvalue weighted by Crippen LogP contribution is 2.41. The van der Waals surface area contributed by atoms with E-state index in [4.69, 9.17) is 25.3 Å². The van der Waals surface area contributed by atoms with Gasteiger partial charge < -0.3 is 30.3 Å². The van der Waals surface area contributed by atoms with E-state index in [1.165, 1.54) is 12.2 Å². The molecule has 9 rings (SSSR count).